The fourth-order valence-electron chi connectivity index (χ4n) is 2.26. The Hall–Kier alpha value is -1.12. The number of ether oxygens (including phenoxy) is 1. The van der Waals surface area contributed by atoms with Crippen LogP contribution in [-0.4, -0.2) is 44.0 Å². The first-order valence-electron chi connectivity index (χ1n) is 6.28. The number of carbonyl (C=O) groups is 1. The van der Waals surface area contributed by atoms with Crippen molar-refractivity contribution in [3.63, 3.8) is 0 Å². The highest BCUT2D eigenvalue weighted by molar-refractivity contribution is 9.10. The molecule has 1 aromatic carbocycles. The Morgan fingerprint density at radius 3 is 2.62 bits per heavy atom. The number of hydrogen-bond donors (Lipinski definition) is 1. The van der Waals surface area contributed by atoms with Crippen LogP contribution in [0.25, 0.3) is 0 Å². The fraction of sp³-hybridized carbons (Fsp3) is 0.462. The zero-order chi connectivity index (χ0) is 15.8. The number of methoxy groups -OCH3 is 1. The monoisotopic (exact) mass is 377 g/mol. The average molecular weight is 378 g/mol. The predicted molar refractivity (Wildman–Crippen MR) is 79.8 cm³/mol. The number of sulfonamides is 1. The lowest BCUT2D eigenvalue weighted by Crippen LogP contribution is -2.35. The lowest BCUT2D eigenvalue weighted by Gasteiger charge is -2.20. The highest BCUT2D eigenvalue weighted by Gasteiger charge is 2.45. The average Bonchev–Trinajstić information content (AvgIpc) is 2.83. The lowest BCUT2D eigenvalue weighted by molar-refractivity contribution is -0.146. The molecule has 0 spiro atoms. The van der Waals surface area contributed by atoms with Crippen LogP contribution in [0.4, 0.5) is 0 Å². The molecule has 1 aromatic rings. The first-order chi connectivity index (χ1) is 9.70. The van der Waals surface area contributed by atoms with Crippen LogP contribution in [0.2, 0.25) is 0 Å². The molecule has 1 atom stereocenters. The number of nitrogens with zero attached hydrogens (tertiary/aromatic N) is 1. The molecule has 2 rings (SSSR count). The summed E-state index contributed by atoms with van der Waals surface area (Å²) in [4.78, 5) is 11.3. The Bertz CT molecular complexity index is 675. The Morgan fingerprint density at radius 1 is 1.48 bits per heavy atom. The van der Waals surface area contributed by atoms with E-state index in [1.807, 2.05) is 0 Å². The van der Waals surface area contributed by atoms with Gasteiger partial charge in [0.25, 0.3) is 0 Å². The van der Waals surface area contributed by atoms with Crippen LogP contribution < -0.4 is 4.74 Å². The van der Waals surface area contributed by atoms with Gasteiger partial charge in [-0.15, -0.1) is 0 Å². The molecule has 0 aromatic heterocycles. The molecule has 1 aliphatic rings. The van der Waals surface area contributed by atoms with Crippen LogP contribution in [-0.2, 0) is 14.8 Å². The van der Waals surface area contributed by atoms with Crippen molar-refractivity contribution in [3.8, 4) is 5.75 Å². The van der Waals surface area contributed by atoms with E-state index in [2.05, 4.69) is 15.9 Å². The summed E-state index contributed by atoms with van der Waals surface area (Å²) in [7, 11) is -2.24. The zero-order valence-corrected chi connectivity index (χ0v) is 14.1. The third-order valence-electron chi connectivity index (χ3n) is 3.71. The third kappa shape index (κ3) is 2.93. The molecule has 0 bridgehead atoms. The summed E-state index contributed by atoms with van der Waals surface area (Å²) >= 11 is 3.23. The number of aliphatic carboxylic acids is 1. The molecule has 0 aliphatic carbocycles. The highest BCUT2D eigenvalue weighted by Crippen LogP contribution is 2.36. The second-order valence-electron chi connectivity index (χ2n) is 5.25. The quantitative estimate of drug-likeness (QED) is 0.866. The van der Waals surface area contributed by atoms with E-state index in [9.17, 15) is 18.3 Å². The van der Waals surface area contributed by atoms with E-state index in [0.717, 1.165) is 0 Å². The van der Waals surface area contributed by atoms with Crippen molar-refractivity contribution in [1.82, 2.24) is 4.31 Å². The van der Waals surface area contributed by atoms with Gasteiger partial charge in [0.15, 0.2) is 0 Å². The topological polar surface area (TPSA) is 83.9 Å². The van der Waals surface area contributed by atoms with Gasteiger partial charge in [-0.2, -0.15) is 4.31 Å². The van der Waals surface area contributed by atoms with E-state index >= 15 is 0 Å². The molecule has 0 radical (unpaired) electrons. The van der Waals surface area contributed by atoms with Crippen LogP contribution in [0.1, 0.15) is 13.3 Å². The van der Waals surface area contributed by atoms with Gasteiger partial charge in [0.2, 0.25) is 10.0 Å². The van der Waals surface area contributed by atoms with Crippen molar-refractivity contribution in [2.75, 3.05) is 20.2 Å². The van der Waals surface area contributed by atoms with Crippen molar-refractivity contribution in [2.45, 2.75) is 18.2 Å². The molecule has 0 saturated carbocycles. The van der Waals surface area contributed by atoms with Gasteiger partial charge < -0.3 is 9.84 Å². The summed E-state index contributed by atoms with van der Waals surface area (Å²) < 4.78 is 31.9. The molecule has 1 aliphatic heterocycles. The van der Waals surface area contributed by atoms with Gasteiger partial charge in [0, 0.05) is 17.6 Å². The number of halogens is 1. The summed E-state index contributed by atoms with van der Waals surface area (Å²) in [5.74, 6) is -0.438. The minimum absolute atomic E-state index is 0.0247. The Labute approximate surface area is 131 Å². The lowest BCUT2D eigenvalue weighted by atomic mass is 9.90. The number of hydrogen-bond acceptors (Lipinski definition) is 4. The normalized spacial score (nSPS) is 23.2. The van der Waals surface area contributed by atoms with E-state index in [1.54, 1.807) is 19.1 Å². The molecule has 8 heteroatoms. The molecular weight excluding hydrogens is 362 g/mol. The van der Waals surface area contributed by atoms with Gasteiger partial charge in [-0.3, -0.25) is 4.79 Å². The molecule has 0 amide bonds. The Kier molecular flexibility index (Phi) is 4.32. The van der Waals surface area contributed by atoms with Crippen molar-refractivity contribution < 1.29 is 23.1 Å². The highest BCUT2D eigenvalue weighted by atomic mass is 79.9. The molecule has 1 saturated heterocycles. The summed E-state index contributed by atoms with van der Waals surface area (Å²) in [5, 5.41) is 9.20. The fourth-order valence-corrected chi connectivity index (χ4v) is 4.84. The van der Waals surface area contributed by atoms with E-state index in [4.69, 9.17) is 4.74 Å². The standard InChI is InChI=1S/C13H16BrNO5S/c1-13(12(16)17)5-6-15(8-13)21(18,19)11-4-3-9(20-2)7-10(11)14/h3-4,7H,5-6,8H2,1-2H3,(H,16,17). The number of carboxylic acid groups (broad SMARTS) is 1. The second kappa shape index (κ2) is 5.58. The van der Waals surface area contributed by atoms with E-state index in [0.29, 0.717) is 16.6 Å². The van der Waals surface area contributed by atoms with E-state index in [-0.39, 0.29) is 18.0 Å². The molecule has 1 heterocycles. The zero-order valence-electron chi connectivity index (χ0n) is 11.7. The van der Waals surface area contributed by atoms with Crippen LogP contribution in [0.5, 0.6) is 5.75 Å². The SMILES string of the molecule is COc1ccc(S(=O)(=O)N2CCC(C)(C(=O)O)C2)c(Br)c1. The Morgan fingerprint density at radius 2 is 2.14 bits per heavy atom. The van der Waals surface area contributed by atoms with E-state index in [1.165, 1.54) is 17.5 Å². The largest absolute Gasteiger partial charge is 0.497 e. The maximum atomic E-state index is 12.6. The molecule has 1 N–H and O–H groups in total. The minimum Gasteiger partial charge on any atom is -0.497 e. The molecular formula is C13H16BrNO5S. The van der Waals surface area contributed by atoms with Crippen LogP contribution in [0.3, 0.4) is 0 Å². The van der Waals surface area contributed by atoms with Gasteiger partial charge in [-0.1, -0.05) is 0 Å². The van der Waals surface area contributed by atoms with Gasteiger partial charge in [0.1, 0.15) is 5.75 Å². The first kappa shape index (κ1) is 16.3. The van der Waals surface area contributed by atoms with Gasteiger partial charge in [-0.25, -0.2) is 8.42 Å². The molecule has 6 nitrogen and oxygen atoms in total. The third-order valence-corrected chi connectivity index (χ3v) is 6.53. The number of benzene rings is 1. The van der Waals surface area contributed by atoms with E-state index < -0.39 is 21.4 Å². The van der Waals surface area contributed by atoms with Crippen molar-refractivity contribution >= 4 is 31.9 Å². The van der Waals surface area contributed by atoms with Crippen molar-refractivity contribution in [1.29, 1.82) is 0 Å². The van der Waals surface area contributed by atoms with Gasteiger partial charge in [-0.05, 0) is 47.5 Å². The maximum Gasteiger partial charge on any atom is 0.310 e. The smallest absolute Gasteiger partial charge is 0.310 e. The molecule has 1 fully saturated rings. The van der Waals surface area contributed by atoms with Gasteiger partial charge in [0.05, 0.1) is 17.4 Å². The number of rotatable bonds is 4. The van der Waals surface area contributed by atoms with Crippen LogP contribution in [0.15, 0.2) is 27.6 Å². The van der Waals surface area contributed by atoms with Crippen LogP contribution >= 0.6 is 15.9 Å². The summed E-state index contributed by atoms with van der Waals surface area (Å²) in [6.07, 6.45) is 0.301. The molecule has 1 unspecified atom stereocenters. The minimum atomic E-state index is -3.73. The van der Waals surface area contributed by atoms with Crippen LogP contribution in [0, 0.1) is 5.41 Å². The summed E-state index contributed by atoms with van der Waals surface area (Å²) in [5.41, 5.74) is -1.04. The van der Waals surface area contributed by atoms with Gasteiger partial charge >= 0.3 is 5.97 Å². The molecule has 21 heavy (non-hydrogen) atoms. The Balaban J connectivity index is 2.34. The second-order valence-corrected chi connectivity index (χ2v) is 8.01. The maximum absolute atomic E-state index is 12.6. The first-order valence-corrected chi connectivity index (χ1v) is 8.51. The predicted octanol–water partition coefficient (Wildman–Crippen LogP) is 1.94. The van der Waals surface area contributed by atoms with Crippen molar-refractivity contribution in [2.24, 2.45) is 5.41 Å². The summed E-state index contributed by atoms with van der Waals surface area (Å²) in [6.45, 7) is 1.74. The molecule has 116 valence electrons. The number of carboxylic acids is 1. The summed E-state index contributed by atoms with van der Waals surface area (Å²) in [6, 6.07) is 4.58. The van der Waals surface area contributed by atoms with Crippen molar-refractivity contribution in [3.05, 3.63) is 22.7 Å².